The summed E-state index contributed by atoms with van der Waals surface area (Å²) >= 11 is 0. The SMILES string of the molecule is O=c1c2ncccc2c(-c2ccccc2)nn1-c1ccccc1. The molecule has 0 saturated carbocycles. The molecular formula is C19H13N3O. The summed E-state index contributed by atoms with van der Waals surface area (Å²) in [4.78, 5) is 17.0. The summed E-state index contributed by atoms with van der Waals surface area (Å²) in [6, 6.07) is 22.9. The van der Waals surface area contributed by atoms with Gasteiger partial charge in [-0.3, -0.25) is 9.78 Å². The maximum atomic E-state index is 12.8. The van der Waals surface area contributed by atoms with Gasteiger partial charge in [0, 0.05) is 17.1 Å². The van der Waals surface area contributed by atoms with E-state index in [1.54, 1.807) is 6.20 Å². The number of nitrogens with zero attached hydrogens (tertiary/aromatic N) is 3. The van der Waals surface area contributed by atoms with Crippen molar-refractivity contribution < 1.29 is 0 Å². The van der Waals surface area contributed by atoms with Crippen molar-refractivity contribution in [3.63, 3.8) is 0 Å². The second kappa shape index (κ2) is 5.50. The molecule has 0 bridgehead atoms. The van der Waals surface area contributed by atoms with E-state index in [-0.39, 0.29) is 5.56 Å². The van der Waals surface area contributed by atoms with Gasteiger partial charge in [-0.25, -0.2) is 0 Å². The third-order valence-corrected chi connectivity index (χ3v) is 3.71. The van der Waals surface area contributed by atoms with Crippen LogP contribution < -0.4 is 5.56 Å². The van der Waals surface area contributed by atoms with Crippen LogP contribution in [0, 0.1) is 0 Å². The molecule has 23 heavy (non-hydrogen) atoms. The topological polar surface area (TPSA) is 47.8 Å². The minimum atomic E-state index is -0.216. The zero-order chi connectivity index (χ0) is 15.6. The van der Waals surface area contributed by atoms with Crippen molar-refractivity contribution in [3.8, 4) is 16.9 Å². The van der Waals surface area contributed by atoms with E-state index in [2.05, 4.69) is 10.1 Å². The highest BCUT2D eigenvalue weighted by Crippen LogP contribution is 2.23. The Labute approximate surface area is 132 Å². The molecule has 0 aliphatic carbocycles. The Morgan fingerprint density at radius 1 is 0.783 bits per heavy atom. The lowest BCUT2D eigenvalue weighted by molar-refractivity contribution is 0.823. The van der Waals surface area contributed by atoms with Gasteiger partial charge in [-0.1, -0.05) is 48.5 Å². The molecule has 0 fully saturated rings. The van der Waals surface area contributed by atoms with Crippen molar-refractivity contribution in [2.45, 2.75) is 0 Å². The first-order chi connectivity index (χ1) is 11.3. The minimum absolute atomic E-state index is 0.216. The fourth-order valence-corrected chi connectivity index (χ4v) is 2.62. The van der Waals surface area contributed by atoms with Gasteiger partial charge in [0.1, 0.15) is 11.2 Å². The van der Waals surface area contributed by atoms with Crippen LogP contribution in [-0.4, -0.2) is 14.8 Å². The molecule has 4 nitrogen and oxygen atoms in total. The maximum absolute atomic E-state index is 12.8. The monoisotopic (exact) mass is 299 g/mol. The highest BCUT2D eigenvalue weighted by Gasteiger charge is 2.13. The van der Waals surface area contributed by atoms with Crippen LogP contribution in [0.15, 0.2) is 83.8 Å². The van der Waals surface area contributed by atoms with Crippen LogP contribution in [0.3, 0.4) is 0 Å². The second-order valence-corrected chi connectivity index (χ2v) is 5.17. The summed E-state index contributed by atoms with van der Waals surface area (Å²) in [5, 5.41) is 5.37. The van der Waals surface area contributed by atoms with Crippen LogP contribution in [0.5, 0.6) is 0 Å². The van der Waals surface area contributed by atoms with Crippen molar-refractivity contribution in [2.24, 2.45) is 0 Å². The molecule has 110 valence electrons. The fraction of sp³-hybridized carbons (Fsp3) is 0. The summed E-state index contributed by atoms with van der Waals surface area (Å²) in [6.45, 7) is 0. The first-order valence-corrected chi connectivity index (χ1v) is 7.33. The molecule has 0 aliphatic heterocycles. The molecule has 0 unspecified atom stereocenters. The fourth-order valence-electron chi connectivity index (χ4n) is 2.62. The summed E-state index contributed by atoms with van der Waals surface area (Å²) in [5.41, 5.74) is 2.63. The number of rotatable bonds is 2. The van der Waals surface area contributed by atoms with Crippen LogP contribution >= 0.6 is 0 Å². The van der Waals surface area contributed by atoms with Gasteiger partial charge in [0.2, 0.25) is 0 Å². The van der Waals surface area contributed by atoms with E-state index < -0.39 is 0 Å². The first kappa shape index (κ1) is 13.4. The Balaban J connectivity index is 2.11. The van der Waals surface area contributed by atoms with E-state index in [4.69, 9.17) is 0 Å². The van der Waals surface area contributed by atoms with E-state index >= 15 is 0 Å². The van der Waals surface area contributed by atoms with Gasteiger partial charge in [0.15, 0.2) is 0 Å². The number of fused-ring (bicyclic) bond motifs is 1. The van der Waals surface area contributed by atoms with Gasteiger partial charge in [-0.2, -0.15) is 9.78 Å². The second-order valence-electron chi connectivity index (χ2n) is 5.17. The average Bonchev–Trinajstić information content (AvgIpc) is 2.64. The lowest BCUT2D eigenvalue weighted by Gasteiger charge is -2.10. The zero-order valence-corrected chi connectivity index (χ0v) is 12.3. The lowest BCUT2D eigenvalue weighted by atomic mass is 10.1. The van der Waals surface area contributed by atoms with Crippen LogP contribution in [0.4, 0.5) is 0 Å². The van der Waals surface area contributed by atoms with Crippen LogP contribution in [0.1, 0.15) is 0 Å². The van der Waals surface area contributed by atoms with Gasteiger partial charge >= 0.3 is 0 Å². The third kappa shape index (κ3) is 2.30. The number of para-hydroxylation sites is 1. The molecule has 0 spiro atoms. The van der Waals surface area contributed by atoms with Crippen molar-refractivity contribution in [1.29, 1.82) is 0 Å². The summed E-state index contributed by atoms with van der Waals surface area (Å²) < 4.78 is 1.41. The van der Waals surface area contributed by atoms with Crippen LogP contribution in [0.25, 0.3) is 27.8 Å². The number of hydrogen-bond donors (Lipinski definition) is 0. The summed E-state index contributed by atoms with van der Waals surface area (Å²) in [7, 11) is 0. The molecule has 4 rings (SSSR count). The molecule has 0 amide bonds. The highest BCUT2D eigenvalue weighted by atomic mass is 16.1. The standard InChI is InChI=1S/C19H13N3O/c23-19-18-16(12-7-13-20-18)17(14-8-3-1-4-9-14)21-22(19)15-10-5-2-6-11-15/h1-13H. The molecule has 2 aromatic carbocycles. The van der Waals surface area contributed by atoms with Crippen molar-refractivity contribution in [2.75, 3.05) is 0 Å². The molecule has 0 aliphatic rings. The van der Waals surface area contributed by atoms with Crippen molar-refractivity contribution >= 4 is 10.9 Å². The van der Waals surface area contributed by atoms with E-state index in [1.807, 2.05) is 72.8 Å². The molecule has 2 heterocycles. The Bertz CT molecular complexity index is 1020. The largest absolute Gasteiger partial charge is 0.297 e. The van der Waals surface area contributed by atoms with Gasteiger partial charge in [-0.05, 0) is 24.3 Å². The number of benzene rings is 2. The smallest absolute Gasteiger partial charge is 0.265 e. The Hall–Kier alpha value is -3.27. The number of aromatic nitrogens is 3. The Morgan fingerprint density at radius 3 is 2.22 bits per heavy atom. The Morgan fingerprint density at radius 2 is 1.48 bits per heavy atom. The first-order valence-electron chi connectivity index (χ1n) is 7.33. The molecule has 0 saturated heterocycles. The molecule has 4 aromatic rings. The van der Waals surface area contributed by atoms with Gasteiger partial charge in [0.25, 0.3) is 5.56 Å². The summed E-state index contributed by atoms with van der Waals surface area (Å²) in [6.07, 6.45) is 1.63. The predicted molar refractivity (Wildman–Crippen MR) is 90.6 cm³/mol. The molecule has 0 N–H and O–H groups in total. The normalized spacial score (nSPS) is 10.8. The minimum Gasteiger partial charge on any atom is -0.265 e. The maximum Gasteiger partial charge on any atom is 0.297 e. The van der Waals surface area contributed by atoms with Crippen molar-refractivity contribution in [1.82, 2.24) is 14.8 Å². The van der Waals surface area contributed by atoms with E-state index in [1.165, 1.54) is 4.68 Å². The van der Waals surface area contributed by atoms with E-state index in [0.29, 0.717) is 5.52 Å². The predicted octanol–water partition coefficient (Wildman–Crippen LogP) is 3.45. The quantitative estimate of drug-likeness (QED) is 0.569. The zero-order valence-electron chi connectivity index (χ0n) is 12.3. The average molecular weight is 299 g/mol. The summed E-state index contributed by atoms with van der Waals surface area (Å²) in [5.74, 6) is 0. The number of pyridine rings is 1. The van der Waals surface area contributed by atoms with Crippen LogP contribution in [-0.2, 0) is 0 Å². The Kier molecular flexibility index (Phi) is 3.20. The molecule has 2 aromatic heterocycles. The molecule has 0 radical (unpaired) electrons. The third-order valence-electron chi connectivity index (χ3n) is 3.71. The van der Waals surface area contributed by atoms with E-state index in [0.717, 1.165) is 22.3 Å². The van der Waals surface area contributed by atoms with Gasteiger partial charge in [-0.15, -0.1) is 0 Å². The van der Waals surface area contributed by atoms with Gasteiger partial charge < -0.3 is 0 Å². The van der Waals surface area contributed by atoms with Gasteiger partial charge in [0.05, 0.1) is 5.69 Å². The lowest BCUT2D eigenvalue weighted by Crippen LogP contribution is -2.22. The van der Waals surface area contributed by atoms with E-state index in [9.17, 15) is 4.79 Å². The number of hydrogen-bond acceptors (Lipinski definition) is 3. The molecular weight excluding hydrogens is 286 g/mol. The highest BCUT2D eigenvalue weighted by molar-refractivity contribution is 5.91. The molecule has 4 heteroatoms. The van der Waals surface area contributed by atoms with Crippen LogP contribution in [0.2, 0.25) is 0 Å². The molecule has 0 atom stereocenters. The van der Waals surface area contributed by atoms with Crippen molar-refractivity contribution in [3.05, 3.63) is 89.3 Å².